The van der Waals surface area contributed by atoms with Crippen LogP contribution in [0.15, 0.2) is 42.5 Å². The second-order valence-electron chi connectivity index (χ2n) is 4.36. The lowest BCUT2D eigenvalue weighted by atomic mass is 10.2. The fourth-order valence-corrected chi connectivity index (χ4v) is 2.09. The van der Waals surface area contributed by atoms with Gasteiger partial charge in [-0.3, -0.25) is 10.1 Å². The standard InChI is InChI=1S/C15H15ClN2O3/c1-2-21-15-8-3-11(9-14(15)16)10-17-12-4-6-13(7-5-12)18(19)20/h3-9,17H,2,10H2,1H3. The van der Waals surface area contributed by atoms with Crippen molar-refractivity contribution in [3.05, 3.63) is 63.2 Å². The highest BCUT2D eigenvalue weighted by Gasteiger charge is 2.05. The third-order valence-corrected chi connectivity index (χ3v) is 3.17. The van der Waals surface area contributed by atoms with Crippen LogP contribution in [0.1, 0.15) is 12.5 Å². The lowest BCUT2D eigenvalue weighted by Crippen LogP contribution is -2.00. The number of hydrogen-bond acceptors (Lipinski definition) is 4. The monoisotopic (exact) mass is 306 g/mol. The van der Waals surface area contributed by atoms with Crippen LogP contribution in [0.4, 0.5) is 11.4 Å². The molecule has 0 spiro atoms. The Kier molecular flexibility index (Phi) is 5.00. The number of nitrogens with zero attached hydrogens (tertiary/aromatic N) is 1. The van der Waals surface area contributed by atoms with Crippen LogP contribution >= 0.6 is 11.6 Å². The lowest BCUT2D eigenvalue weighted by Gasteiger charge is -2.09. The van der Waals surface area contributed by atoms with Gasteiger partial charge in [0, 0.05) is 24.4 Å². The molecule has 0 bridgehead atoms. The summed E-state index contributed by atoms with van der Waals surface area (Å²) in [5.74, 6) is 0.665. The molecule has 0 saturated heterocycles. The van der Waals surface area contributed by atoms with Crippen LogP contribution < -0.4 is 10.1 Å². The minimum Gasteiger partial charge on any atom is -0.492 e. The van der Waals surface area contributed by atoms with Gasteiger partial charge in [-0.1, -0.05) is 17.7 Å². The second kappa shape index (κ2) is 6.95. The number of ether oxygens (including phenoxy) is 1. The molecule has 5 nitrogen and oxygen atoms in total. The maximum absolute atomic E-state index is 10.6. The van der Waals surface area contributed by atoms with Crippen molar-refractivity contribution in [3.63, 3.8) is 0 Å². The van der Waals surface area contributed by atoms with E-state index in [0.717, 1.165) is 11.3 Å². The minimum atomic E-state index is -0.421. The topological polar surface area (TPSA) is 64.4 Å². The Morgan fingerprint density at radius 1 is 1.24 bits per heavy atom. The molecule has 0 aromatic heterocycles. The molecule has 110 valence electrons. The van der Waals surface area contributed by atoms with E-state index in [-0.39, 0.29) is 5.69 Å². The van der Waals surface area contributed by atoms with Gasteiger partial charge in [0.2, 0.25) is 0 Å². The molecule has 0 radical (unpaired) electrons. The molecule has 0 fully saturated rings. The lowest BCUT2D eigenvalue weighted by molar-refractivity contribution is -0.384. The quantitative estimate of drug-likeness (QED) is 0.640. The molecule has 2 rings (SSSR count). The molecule has 1 N–H and O–H groups in total. The van der Waals surface area contributed by atoms with Crippen molar-refractivity contribution >= 4 is 23.0 Å². The van der Waals surface area contributed by atoms with Crippen LogP contribution in [0.5, 0.6) is 5.75 Å². The van der Waals surface area contributed by atoms with Crippen molar-refractivity contribution in [1.82, 2.24) is 0 Å². The van der Waals surface area contributed by atoms with E-state index in [2.05, 4.69) is 5.32 Å². The molecule has 0 heterocycles. The van der Waals surface area contributed by atoms with Crippen molar-refractivity contribution in [2.45, 2.75) is 13.5 Å². The van der Waals surface area contributed by atoms with Gasteiger partial charge in [-0.15, -0.1) is 0 Å². The van der Waals surface area contributed by atoms with Crippen LogP contribution in [0.25, 0.3) is 0 Å². The number of nitro benzene ring substituents is 1. The van der Waals surface area contributed by atoms with Gasteiger partial charge in [-0.2, -0.15) is 0 Å². The van der Waals surface area contributed by atoms with E-state index in [1.54, 1.807) is 12.1 Å². The normalized spacial score (nSPS) is 10.2. The molecular weight excluding hydrogens is 292 g/mol. The Morgan fingerprint density at radius 2 is 1.95 bits per heavy atom. The second-order valence-corrected chi connectivity index (χ2v) is 4.76. The Labute approximate surface area is 127 Å². The zero-order valence-corrected chi connectivity index (χ0v) is 12.3. The largest absolute Gasteiger partial charge is 0.492 e. The highest BCUT2D eigenvalue weighted by Crippen LogP contribution is 2.26. The molecular formula is C15H15ClN2O3. The highest BCUT2D eigenvalue weighted by atomic mass is 35.5. The maximum atomic E-state index is 10.6. The summed E-state index contributed by atoms with van der Waals surface area (Å²) >= 11 is 6.12. The van der Waals surface area contributed by atoms with Crippen molar-refractivity contribution < 1.29 is 9.66 Å². The predicted molar refractivity (Wildman–Crippen MR) is 83.0 cm³/mol. The third-order valence-electron chi connectivity index (χ3n) is 2.87. The molecule has 0 atom stereocenters. The van der Waals surface area contributed by atoms with Gasteiger partial charge in [0.25, 0.3) is 5.69 Å². The van der Waals surface area contributed by atoms with Gasteiger partial charge in [-0.25, -0.2) is 0 Å². The first-order valence-electron chi connectivity index (χ1n) is 6.49. The van der Waals surface area contributed by atoms with E-state index in [9.17, 15) is 10.1 Å². The van der Waals surface area contributed by atoms with Crippen LogP contribution in [-0.2, 0) is 6.54 Å². The molecule has 0 saturated carbocycles. The number of rotatable bonds is 6. The van der Waals surface area contributed by atoms with E-state index in [1.165, 1.54) is 12.1 Å². The number of nitro groups is 1. The van der Waals surface area contributed by atoms with E-state index in [4.69, 9.17) is 16.3 Å². The minimum absolute atomic E-state index is 0.0738. The third kappa shape index (κ3) is 4.10. The number of hydrogen-bond donors (Lipinski definition) is 1. The fraction of sp³-hybridized carbons (Fsp3) is 0.200. The first-order chi connectivity index (χ1) is 10.1. The first-order valence-corrected chi connectivity index (χ1v) is 6.87. The van der Waals surface area contributed by atoms with Crippen LogP contribution in [-0.4, -0.2) is 11.5 Å². The summed E-state index contributed by atoms with van der Waals surface area (Å²) < 4.78 is 5.37. The highest BCUT2D eigenvalue weighted by molar-refractivity contribution is 6.32. The van der Waals surface area contributed by atoms with Crippen molar-refractivity contribution in [1.29, 1.82) is 0 Å². The van der Waals surface area contributed by atoms with Gasteiger partial charge in [-0.05, 0) is 36.8 Å². The summed E-state index contributed by atoms with van der Waals surface area (Å²) in [5, 5.41) is 14.3. The number of anilines is 1. The molecule has 2 aromatic carbocycles. The fourth-order valence-electron chi connectivity index (χ4n) is 1.83. The zero-order valence-electron chi connectivity index (χ0n) is 11.5. The summed E-state index contributed by atoms with van der Waals surface area (Å²) in [6.07, 6.45) is 0. The predicted octanol–water partition coefficient (Wildman–Crippen LogP) is 4.26. The molecule has 0 aliphatic carbocycles. The Morgan fingerprint density at radius 3 is 2.52 bits per heavy atom. The molecule has 0 unspecified atom stereocenters. The average Bonchev–Trinajstić information content (AvgIpc) is 2.48. The smallest absolute Gasteiger partial charge is 0.269 e. The average molecular weight is 307 g/mol. The Bertz CT molecular complexity index is 629. The van der Waals surface area contributed by atoms with Crippen molar-refractivity contribution in [3.8, 4) is 5.75 Å². The summed E-state index contributed by atoms with van der Waals surface area (Å²) in [6.45, 7) is 3.05. The van der Waals surface area contributed by atoms with E-state index in [0.29, 0.717) is 23.9 Å². The van der Waals surface area contributed by atoms with E-state index in [1.807, 2.05) is 25.1 Å². The Balaban J connectivity index is 1.99. The van der Waals surface area contributed by atoms with Gasteiger partial charge < -0.3 is 10.1 Å². The van der Waals surface area contributed by atoms with Gasteiger partial charge in [0.1, 0.15) is 5.75 Å². The molecule has 6 heteroatoms. The van der Waals surface area contributed by atoms with Crippen molar-refractivity contribution in [2.75, 3.05) is 11.9 Å². The maximum Gasteiger partial charge on any atom is 0.269 e. The molecule has 21 heavy (non-hydrogen) atoms. The van der Waals surface area contributed by atoms with Crippen LogP contribution in [0, 0.1) is 10.1 Å². The van der Waals surface area contributed by atoms with Gasteiger partial charge >= 0.3 is 0 Å². The number of non-ortho nitro benzene ring substituents is 1. The van der Waals surface area contributed by atoms with E-state index >= 15 is 0 Å². The molecule has 2 aromatic rings. The summed E-state index contributed by atoms with van der Waals surface area (Å²) in [7, 11) is 0. The van der Waals surface area contributed by atoms with Crippen LogP contribution in [0.3, 0.4) is 0 Å². The SMILES string of the molecule is CCOc1ccc(CNc2ccc([N+](=O)[O-])cc2)cc1Cl. The summed E-state index contributed by atoms with van der Waals surface area (Å²) in [4.78, 5) is 10.2. The zero-order chi connectivity index (χ0) is 15.2. The number of nitrogens with one attached hydrogen (secondary N) is 1. The molecule has 0 amide bonds. The first kappa shape index (κ1) is 15.1. The van der Waals surface area contributed by atoms with Crippen molar-refractivity contribution in [2.24, 2.45) is 0 Å². The molecule has 0 aliphatic heterocycles. The Hall–Kier alpha value is -2.27. The number of halogens is 1. The van der Waals surface area contributed by atoms with Crippen LogP contribution in [0.2, 0.25) is 5.02 Å². The number of benzene rings is 2. The van der Waals surface area contributed by atoms with E-state index < -0.39 is 4.92 Å². The summed E-state index contributed by atoms with van der Waals surface area (Å²) in [5.41, 5.74) is 1.89. The molecule has 0 aliphatic rings. The van der Waals surface area contributed by atoms with Gasteiger partial charge in [0.05, 0.1) is 16.6 Å². The van der Waals surface area contributed by atoms with Gasteiger partial charge in [0.15, 0.2) is 0 Å². The summed E-state index contributed by atoms with van der Waals surface area (Å²) in [6, 6.07) is 11.9.